The van der Waals surface area contributed by atoms with Gasteiger partial charge in [-0.1, -0.05) is 18.2 Å². The van der Waals surface area contributed by atoms with Crippen LogP contribution in [-0.2, 0) is 7.05 Å². The molecule has 84 valence electrons. The van der Waals surface area contributed by atoms with E-state index in [1.54, 1.807) is 42.2 Å². The van der Waals surface area contributed by atoms with Gasteiger partial charge in [0, 0.05) is 18.8 Å². The van der Waals surface area contributed by atoms with Crippen molar-refractivity contribution < 1.29 is 4.39 Å². The molecule has 0 aliphatic heterocycles. The molecule has 0 spiro atoms. The summed E-state index contributed by atoms with van der Waals surface area (Å²) >= 11 is 0. The predicted molar refractivity (Wildman–Crippen MR) is 58.8 cm³/mol. The Labute approximate surface area is 92.9 Å². The van der Waals surface area contributed by atoms with Crippen molar-refractivity contribution in [2.75, 3.05) is 0 Å². The van der Waals surface area contributed by atoms with Gasteiger partial charge in [-0.15, -0.1) is 0 Å². The smallest absolute Gasteiger partial charge is 0.128 e. The molecule has 16 heavy (non-hydrogen) atoms. The Hall–Kier alpha value is -1.72. The van der Waals surface area contributed by atoms with Crippen LogP contribution in [0.5, 0.6) is 0 Å². The first-order valence-electron chi connectivity index (χ1n) is 4.92. The number of halogens is 1. The minimum absolute atomic E-state index is 0.286. The molecule has 0 fully saturated rings. The van der Waals surface area contributed by atoms with Gasteiger partial charge >= 0.3 is 0 Å². The van der Waals surface area contributed by atoms with E-state index in [1.807, 2.05) is 0 Å². The maximum Gasteiger partial charge on any atom is 0.128 e. The summed E-state index contributed by atoms with van der Waals surface area (Å²) in [5, 5.41) is 4.04. The van der Waals surface area contributed by atoms with Gasteiger partial charge in [0.05, 0.1) is 11.7 Å². The second-order valence-corrected chi connectivity index (χ2v) is 3.50. The lowest BCUT2D eigenvalue weighted by Gasteiger charge is -2.17. The SMILES string of the molecule is Cn1nccc1C(NN)c1ccccc1F. The quantitative estimate of drug-likeness (QED) is 0.602. The summed E-state index contributed by atoms with van der Waals surface area (Å²) < 4.78 is 15.3. The standard InChI is InChI=1S/C11H13FN4/c1-16-10(6-7-14-16)11(15-13)8-4-2-3-5-9(8)12/h2-7,11,15H,13H2,1H3. The van der Waals surface area contributed by atoms with Gasteiger partial charge < -0.3 is 0 Å². The minimum atomic E-state index is -0.395. The number of aromatic nitrogens is 2. The first kappa shape index (κ1) is 10.8. The van der Waals surface area contributed by atoms with Crippen LogP contribution in [0.25, 0.3) is 0 Å². The van der Waals surface area contributed by atoms with Crippen LogP contribution < -0.4 is 11.3 Å². The second kappa shape index (κ2) is 4.42. The molecule has 0 bridgehead atoms. The average molecular weight is 220 g/mol. The molecule has 0 saturated heterocycles. The van der Waals surface area contributed by atoms with E-state index in [2.05, 4.69) is 10.5 Å². The number of nitrogens with two attached hydrogens (primary N) is 1. The van der Waals surface area contributed by atoms with Crippen molar-refractivity contribution in [2.24, 2.45) is 12.9 Å². The van der Waals surface area contributed by atoms with E-state index in [0.717, 1.165) is 5.69 Å². The summed E-state index contributed by atoms with van der Waals surface area (Å²) in [5.74, 6) is 5.19. The zero-order valence-corrected chi connectivity index (χ0v) is 8.89. The first-order valence-corrected chi connectivity index (χ1v) is 4.92. The van der Waals surface area contributed by atoms with Gasteiger partial charge in [-0.25, -0.2) is 9.82 Å². The molecule has 0 saturated carbocycles. The van der Waals surface area contributed by atoms with Crippen LogP contribution in [0.15, 0.2) is 36.5 Å². The Kier molecular flexibility index (Phi) is 2.98. The molecule has 2 rings (SSSR count). The first-order chi connectivity index (χ1) is 7.74. The van der Waals surface area contributed by atoms with Crippen LogP contribution in [0.1, 0.15) is 17.3 Å². The van der Waals surface area contributed by atoms with Crippen LogP contribution >= 0.6 is 0 Å². The Balaban J connectivity index is 2.45. The third-order valence-electron chi connectivity index (χ3n) is 2.54. The molecular formula is C11H13FN4. The largest absolute Gasteiger partial charge is 0.271 e. The number of hydrogen-bond donors (Lipinski definition) is 2. The summed E-state index contributed by atoms with van der Waals surface area (Å²) in [5.41, 5.74) is 3.92. The summed E-state index contributed by atoms with van der Waals surface area (Å²) in [4.78, 5) is 0. The van der Waals surface area contributed by atoms with Crippen molar-refractivity contribution in [1.29, 1.82) is 0 Å². The predicted octanol–water partition coefficient (Wildman–Crippen LogP) is 1.11. The molecule has 0 radical (unpaired) electrons. The lowest BCUT2D eigenvalue weighted by atomic mass is 10.0. The highest BCUT2D eigenvalue weighted by Gasteiger charge is 2.18. The third kappa shape index (κ3) is 1.82. The number of benzene rings is 1. The van der Waals surface area contributed by atoms with Gasteiger partial charge in [-0.05, 0) is 12.1 Å². The number of aryl methyl sites for hydroxylation is 1. The molecule has 2 aromatic rings. The van der Waals surface area contributed by atoms with Crippen molar-refractivity contribution in [3.05, 3.63) is 53.6 Å². The average Bonchev–Trinajstić information content (AvgIpc) is 2.69. The monoisotopic (exact) mass is 220 g/mol. The van der Waals surface area contributed by atoms with Gasteiger partial charge in [-0.2, -0.15) is 5.10 Å². The number of rotatable bonds is 3. The fourth-order valence-electron chi connectivity index (χ4n) is 1.71. The topological polar surface area (TPSA) is 55.9 Å². The van der Waals surface area contributed by atoms with Crippen LogP contribution in [-0.4, -0.2) is 9.78 Å². The van der Waals surface area contributed by atoms with E-state index in [0.29, 0.717) is 5.56 Å². The zero-order valence-electron chi connectivity index (χ0n) is 8.89. The van der Waals surface area contributed by atoms with Gasteiger partial charge in [0.1, 0.15) is 5.82 Å². The van der Waals surface area contributed by atoms with Gasteiger partial charge in [0.25, 0.3) is 0 Å². The lowest BCUT2D eigenvalue weighted by molar-refractivity contribution is 0.533. The van der Waals surface area contributed by atoms with Crippen LogP contribution in [0.2, 0.25) is 0 Å². The van der Waals surface area contributed by atoms with Gasteiger partial charge in [-0.3, -0.25) is 10.5 Å². The molecule has 5 heteroatoms. The van der Waals surface area contributed by atoms with Crippen LogP contribution in [0.4, 0.5) is 4.39 Å². The molecule has 0 amide bonds. The number of nitrogens with one attached hydrogen (secondary N) is 1. The minimum Gasteiger partial charge on any atom is -0.271 e. The molecule has 1 aromatic heterocycles. The van der Waals surface area contributed by atoms with Crippen LogP contribution in [0, 0.1) is 5.82 Å². The normalized spacial score (nSPS) is 12.7. The van der Waals surface area contributed by atoms with Crippen molar-refractivity contribution in [3.8, 4) is 0 Å². The van der Waals surface area contributed by atoms with Crippen molar-refractivity contribution in [2.45, 2.75) is 6.04 Å². The molecule has 4 nitrogen and oxygen atoms in total. The van der Waals surface area contributed by atoms with E-state index >= 15 is 0 Å². The van der Waals surface area contributed by atoms with E-state index in [4.69, 9.17) is 5.84 Å². The highest BCUT2D eigenvalue weighted by Crippen LogP contribution is 2.22. The summed E-state index contributed by atoms with van der Waals surface area (Å²) in [6.45, 7) is 0. The van der Waals surface area contributed by atoms with Gasteiger partial charge in [0.2, 0.25) is 0 Å². The number of hydrazine groups is 1. The molecule has 1 unspecified atom stereocenters. The molecule has 0 aliphatic carbocycles. The van der Waals surface area contributed by atoms with Crippen molar-refractivity contribution in [3.63, 3.8) is 0 Å². The maximum atomic E-state index is 13.6. The Bertz CT molecular complexity index is 480. The summed E-state index contributed by atoms with van der Waals surface area (Å²) in [6, 6.07) is 7.95. The molecule has 1 heterocycles. The van der Waals surface area contributed by atoms with Crippen LogP contribution in [0.3, 0.4) is 0 Å². The van der Waals surface area contributed by atoms with E-state index in [1.165, 1.54) is 6.07 Å². The molecule has 1 aromatic carbocycles. The Morgan fingerprint density at radius 3 is 2.69 bits per heavy atom. The molecule has 1 atom stereocenters. The van der Waals surface area contributed by atoms with Gasteiger partial charge in [0.15, 0.2) is 0 Å². The fraction of sp³-hybridized carbons (Fsp3) is 0.182. The summed E-state index contributed by atoms with van der Waals surface area (Å²) in [7, 11) is 1.79. The summed E-state index contributed by atoms with van der Waals surface area (Å²) in [6.07, 6.45) is 1.65. The molecule has 3 N–H and O–H groups in total. The highest BCUT2D eigenvalue weighted by atomic mass is 19.1. The molecular weight excluding hydrogens is 207 g/mol. The van der Waals surface area contributed by atoms with E-state index in [9.17, 15) is 4.39 Å². The molecule has 0 aliphatic rings. The van der Waals surface area contributed by atoms with Crippen molar-refractivity contribution in [1.82, 2.24) is 15.2 Å². The number of hydrogen-bond acceptors (Lipinski definition) is 3. The van der Waals surface area contributed by atoms with E-state index < -0.39 is 6.04 Å². The zero-order chi connectivity index (χ0) is 11.5. The Morgan fingerprint density at radius 2 is 2.12 bits per heavy atom. The van der Waals surface area contributed by atoms with Crippen molar-refractivity contribution >= 4 is 0 Å². The second-order valence-electron chi connectivity index (χ2n) is 3.50. The number of nitrogens with zero attached hydrogens (tertiary/aromatic N) is 2. The maximum absolute atomic E-state index is 13.6. The van der Waals surface area contributed by atoms with E-state index in [-0.39, 0.29) is 5.82 Å². The Morgan fingerprint density at radius 1 is 1.38 bits per heavy atom. The lowest BCUT2D eigenvalue weighted by Crippen LogP contribution is -2.31. The fourth-order valence-corrected chi connectivity index (χ4v) is 1.71. The third-order valence-corrected chi connectivity index (χ3v) is 2.54. The highest BCUT2D eigenvalue weighted by molar-refractivity contribution is 5.28.